The second kappa shape index (κ2) is 8.92. The minimum absolute atomic E-state index is 0.162. The topological polar surface area (TPSA) is 15.3 Å². The van der Waals surface area contributed by atoms with Crippen LogP contribution in [0.2, 0.25) is 0 Å². The van der Waals surface area contributed by atoms with Crippen molar-refractivity contribution in [3.63, 3.8) is 0 Å². The van der Waals surface area contributed by atoms with Crippen molar-refractivity contribution in [2.45, 2.75) is 32.6 Å². The largest absolute Gasteiger partial charge is 0.375 e. The molecule has 2 nitrogen and oxygen atoms in total. The summed E-state index contributed by atoms with van der Waals surface area (Å²) in [5.74, 6) is -0.162. The molecular weight excluding hydrogens is 227 g/mol. The molecule has 0 unspecified atom stereocenters. The second-order valence-electron chi connectivity index (χ2n) is 4.67. The normalized spacial score (nSPS) is 10.6. The number of rotatable bonds is 9. The molecule has 0 aliphatic carbocycles. The Labute approximate surface area is 110 Å². The maximum Gasteiger partial charge on any atom is 0.125 e. The molecule has 0 heterocycles. The summed E-state index contributed by atoms with van der Waals surface area (Å²) >= 11 is 0. The van der Waals surface area contributed by atoms with E-state index in [1.54, 1.807) is 12.1 Å². The maximum absolute atomic E-state index is 13.1. The molecule has 0 aliphatic heterocycles. The zero-order valence-corrected chi connectivity index (χ0v) is 11.6. The molecule has 3 heteroatoms. The molecule has 1 N–H and O–H groups in total. The van der Waals surface area contributed by atoms with Crippen LogP contribution < -0.4 is 10.2 Å². The van der Waals surface area contributed by atoms with E-state index in [0.29, 0.717) is 0 Å². The smallest absolute Gasteiger partial charge is 0.125 e. The van der Waals surface area contributed by atoms with Crippen LogP contribution in [0.5, 0.6) is 0 Å². The standard InChI is InChI=1S/C15H25FN2/c1-3-17-11-6-4-5-7-12-18(2)15-10-8-9-14(16)13-15/h8-10,13,17H,3-7,11-12H2,1-2H3. The highest BCUT2D eigenvalue weighted by Gasteiger charge is 2.01. The summed E-state index contributed by atoms with van der Waals surface area (Å²) in [6, 6.07) is 6.79. The Morgan fingerprint density at radius 3 is 2.67 bits per heavy atom. The Morgan fingerprint density at radius 1 is 1.17 bits per heavy atom. The first-order valence-electron chi connectivity index (χ1n) is 6.91. The lowest BCUT2D eigenvalue weighted by Crippen LogP contribution is -2.18. The zero-order valence-electron chi connectivity index (χ0n) is 11.6. The molecule has 0 aromatic heterocycles. The van der Waals surface area contributed by atoms with Crippen molar-refractivity contribution in [1.82, 2.24) is 5.32 Å². The third-order valence-electron chi connectivity index (χ3n) is 3.10. The van der Waals surface area contributed by atoms with Gasteiger partial charge in [0.05, 0.1) is 0 Å². The Hall–Kier alpha value is -1.09. The fraction of sp³-hybridized carbons (Fsp3) is 0.600. The van der Waals surface area contributed by atoms with Gasteiger partial charge < -0.3 is 10.2 Å². The van der Waals surface area contributed by atoms with E-state index in [4.69, 9.17) is 0 Å². The molecule has 102 valence electrons. The average Bonchev–Trinajstić information content (AvgIpc) is 2.37. The molecule has 0 atom stereocenters. The fourth-order valence-corrected chi connectivity index (χ4v) is 1.97. The van der Waals surface area contributed by atoms with Gasteiger partial charge in [0.2, 0.25) is 0 Å². The van der Waals surface area contributed by atoms with Crippen LogP contribution in [-0.2, 0) is 0 Å². The summed E-state index contributed by atoms with van der Waals surface area (Å²) in [6.07, 6.45) is 4.92. The molecule has 1 rings (SSSR count). The summed E-state index contributed by atoms with van der Waals surface area (Å²) in [7, 11) is 2.02. The molecule has 0 aliphatic rings. The molecule has 0 fully saturated rings. The van der Waals surface area contributed by atoms with E-state index >= 15 is 0 Å². The van der Waals surface area contributed by atoms with Crippen molar-refractivity contribution in [2.75, 3.05) is 31.6 Å². The molecule has 0 saturated heterocycles. The van der Waals surface area contributed by atoms with Gasteiger partial charge in [-0.25, -0.2) is 4.39 Å². The lowest BCUT2D eigenvalue weighted by Gasteiger charge is -2.19. The third-order valence-corrected chi connectivity index (χ3v) is 3.10. The fourth-order valence-electron chi connectivity index (χ4n) is 1.97. The van der Waals surface area contributed by atoms with E-state index in [1.165, 1.54) is 31.7 Å². The molecule has 0 bridgehead atoms. The van der Waals surface area contributed by atoms with Crippen LogP contribution in [-0.4, -0.2) is 26.7 Å². The van der Waals surface area contributed by atoms with Gasteiger partial charge in [-0.15, -0.1) is 0 Å². The van der Waals surface area contributed by atoms with Crippen LogP contribution in [0.3, 0.4) is 0 Å². The lowest BCUT2D eigenvalue weighted by atomic mass is 10.2. The summed E-state index contributed by atoms with van der Waals surface area (Å²) in [5, 5.41) is 3.33. The monoisotopic (exact) mass is 252 g/mol. The minimum atomic E-state index is -0.162. The first-order valence-corrected chi connectivity index (χ1v) is 6.91. The van der Waals surface area contributed by atoms with E-state index in [9.17, 15) is 4.39 Å². The molecule has 0 radical (unpaired) electrons. The first kappa shape index (κ1) is 15.0. The van der Waals surface area contributed by atoms with Gasteiger partial charge in [0, 0.05) is 19.3 Å². The van der Waals surface area contributed by atoms with Crippen molar-refractivity contribution < 1.29 is 4.39 Å². The lowest BCUT2D eigenvalue weighted by molar-refractivity contribution is 0.596. The second-order valence-corrected chi connectivity index (χ2v) is 4.67. The molecular formula is C15H25FN2. The van der Waals surface area contributed by atoms with Crippen molar-refractivity contribution >= 4 is 5.69 Å². The minimum Gasteiger partial charge on any atom is -0.375 e. The van der Waals surface area contributed by atoms with Crippen molar-refractivity contribution in [3.8, 4) is 0 Å². The van der Waals surface area contributed by atoms with E-state index in [2.05, 4.69) is 17.1 Å². The molecule has 18 heavy (non-hydrogen) atoms. The van der Waals surface area contributed by atoms with Gasteiger partial charge >= 0.3 is 0 Å². The van der Waals surface area contributed by atoms with Crippen molar-refractivity contribution in [2.24, 2.45) is 0 Å². The van der Waals surface area contributed by atoms with Gasteiger partial charge in [0.1, 0.15) is 5.82 Å². The number of hydrogen-bond donors (Lipinski definition) is 1. The van der Waals surface area contributed by atoms with Crippen LogP contribution in [0, 0.1) is 5.82 Å². The van der Waals surface area contributed by atoms with Gasteiger partial charge in [-0.1, -0.05) is 25.8 Å². The quantitative estimate of drug-likeness (QED) is 0.677. The summed E-state index contributed by atoms with van der Waals surface area (Å²) in [6.45, 7) is 5.30. The van der Waals surface area contributed by atoms with E-state index < -0.39 is 0 Å². The van der Waals surface area contributed by atoms with E-state index in [0.717, 1.165) is 25.3 Å². The molecule has 0 amide bonds. The number of benzene rings is 1. The van der Waals surface area contributed by atoms with Crippen LogP contribution in [0.15, 0.2) is 24.3 Å². The van der Waals surface area contributed by atoms with Gasteiger partial charge in [-0.2, -0.15) is 0 Å². The first-order chi connectivity index (χ1) is 8.74. The number of halogens is 1. The Morgan fingerprint density at radius 2 is 1.94 bits per heavy atom. The van der Waals surface area contributed by atoms with Gasteiger partial charge in [-0.3, -0.25) is 0 Å². The number of unbranched alkanes of at least 4 members (excludes halogenated alkanes) is 3. The van der Waals surface area contributed by atoms with Crippen molar-refractivity contribution in [1.29, 1.82) is 0 Å². The molecule has 0 spiro atoms. The summed E-state index contributed by atoms with van der Waals surface area (Å²) in [4.78, 5) is 2.12. The molecule has 0 saturated carbocycles. The summed E-state index contributed by atoms with van der Waals surface area (Å²) < 4.78 is 13.1. The SMILES string of the molecule is CCNCCCCCCN(C)c1cccc(F)c1. The van der Waals surface area contributed by atoms with Gasteiger partial charge in [-0.05, 0) is 44.1 Å². The van der Waals surface area contributed by atoms with Crippen molar-refractivity contribution in [3.05, 3.63) is 30.1 Å². The van der Waals surface area contributed by atoms with Crippen LogP contribution >= 0.6 is 0 Å². The summed E-state index contributed by atoms with van der Waals surface area (Å²) in [5.41, 5.74) is 0.961. The van der Waals surface area contributed by atoms with Gasteiger partial charge in [0.25, 0.3) is 0 Å². The number of nitrogens with one attached hydrogen (secondary N) is 1. The van der Waals surface area contributed by atoms with E-state index in [1.807, 2.05) is 13.1 Å². The Kier molecular flexibility index (Phi) is 7.42. The van der Waals surface area contributed by atoms with Crippen LogP contribution in [0.4, 0.5) is 10.1 Å². The average molecular weight is 252 g/mol. The molecule has 1 aromatic carbocycles. The van der Waals surface area contributed by atoms with Gasteiger partial charge in [0.15, 0.2) is 0 Å². The highest BCUT2D eigenvalue weighted by atomic mass is 19.1. The predicted molar refractivity (Wildman–Crippen MR) is 76.7 cm³/mol. The number of hydrogen-bond acceptors (Lipinski definition) is 2. The van der Waals surface area contributed by atoms with Crippen LogP contribution in [0.25, 0.3) is 0 Å². The zero-order chi connectivity index (χ0) is 13.2. The highest BCUT2D eigenvalue weighted by Crippen LogP contribution is 2.14. The number of nitrogens with zero attached hydrogens (tertiary/aromatic N) is 1. The highest BCUT2D eigenvalue weighted by molar-refractivity contribution is 5.45. The Balaban J connectivity index is 2.12. The van der Waals surface area contributed by atoms with Crippen LogP contribution in [0.1, 0.15) is 32.6 Å². The maximum atomic E-state index is 13.1. The predicted octanol–water partition coefficient (Wildman–Crippen LogP) is 3.43. The Bertz CT molecular complexity index is 328. The number of anilines is 1. The third kappa shape index (κ3) is 6.01. The van der Waals surface area contributed by atoms with E-state index in [-0.39, 0.29) is 5.82 Å². The molecule has 1 aromatic rings.